The summed E-state index contributed by atoms with van der Waals surface area (Å²) in [6.07, 6.45) is 9.64. The highest BCUT2D eigenvalue weighted by Gasteiger charge is 2.01. The molecule has 0 aromatic heterocycles. The Morgan fingerprint density at radius 2 is 2.08 bits per heavy atom. The zero-order chi connectivity index (χ0) is 9.40. The van der Waals surface area contributed by atoms with E-state index in [0.29, 0.717) is 5.76 Å². The Morgan fingerprint density at radius 3 is 2.58 bits per heavy atom. The fraction of sp³-hybridized carbons (Fsp3) is 0.455. The Bertz CT molecular complexity index is 193. The van der Waals surface area contributed by atoms with Crippen LogP contribution in [-0.4, -0.2) is 5.11 Å². The Morgan fingerprint density at radius 1 is 1.42 bits per heavy atom. The van der Waals surface area contributed by atoms with Crippen LogP contribution in [0, 0.1) is 0 Å². The van der Waals surface area contributed by atoms with Crippen molar-refractivity contribution in [1.29, 1.82) is 0 Å². The van der Waals surface area contributed by atoms with Crippen LogP contribution < -0.4 is 0 Å². The summed E-state index contributed by atoms with van der Waals surface area (Å²) in [5, 5.41) is 9.28. The van der Waals surface area contributed by atoms with Gasteiger partial charge in [0.2, 0.25) is 0 Å². The molecule has 0 unspecified atom stereocenters. The summed E-state index contributed by atoms with van der Waals surface area (Å²) in [7, 11) is 0. The Kier molecular flexibility index (Phi) is 6.16. The minimum atomic E-state index is 0.514. The summed E-state index contributed by atoms with van der Waals surface area (Å²) in [5.74, 6) is 0.514. The summed E-state index contributed by atoms with van der Waals surface area (Å²) >= 11 is 0. The maximum absolute atomic E-state index is 9.28. The van der Waals surface area contributed by atoms with E-state index < -0.39 is 0 Å². The predicted molar refractivity (Wildman–Crippen MR) is 54.2 cm³/mol. The monoisotopic (exact) mass is 166 g/mol. The van der Waals surface area contributed by atoms with Crippen LogP contribution in [0.2, 0.25) is 0 Å². The first kappa shape index (κ1) is 11.0. The molecule has 12 heavy (non-hydrogen) atoms. The van der Waals surface area contributed by atoms with Gasteiger partial charge in [-0.05, 0) is 13.3 Å². The summed E-state index contributed by atoms with van der Waals surface area (Å²) in [4.78, 5) is 0. The Labute approximate surface area is 75.1 Å². The molecule has 0 bridgehead atoms. The van der Waals surface area contributed by atoms with Crippen LogP contribution in [0.3, 0.4) is 0 Å². The van der Waals surface area contributed by atoms with Crippen molar-refractivity contribution in [3.8, 4) is 0 Å². The third-order valence-electron chi connectivity index (χ3n) is 1.52. The number of aliphatic hydroxyl groups is 1. The number of hydrogen-bond donors (Lipinski definition) is 1. The van der Waals surface area contributed by atoms with Gasteiger partial charge in [0.05, 0.1) is 5.76 Å². The number of aliphatic hydroxyl groups excluding tert-OH is 1. The maximum Gasteiger partial charge on any atom is 0.0997 e. The average Bonchev–Trinajstić information content (AvgIpc) is 2.13. The maximum atomic E-state index is 9.28. The van der Waals surface area contributed by atoms with Gasteiger partial charge < -0.3 is 5.11 Å². The van der Waals surface area contributed by atoms with Gasteiger partial charge in [-0.15, -0.1) is 0 Å². The van der Waals surface area contributed by atoms with Crippen molar-refractivity contribution in [3.05, 3.63) is 35.6 Å². The van der Waals surface area contributed by atoms with Gasteiger partial charge in [-0.2, -0.15) is 0 Å². The zero-order valence-corrected chi connectivity index (χ0v) is 8.17. The lowest BCUT2D eigenvalue weighted by atomic mass is 10.1. The average molecular weight is 166 g/mol. The van der Waals surface area contributed by atoms with Crippen molar-refractivity contribution in [2.45, 2.75) is 33.6 Å². The SMILES string of the molecule is C/C=C/C1=C(O)CCC=C1.CC. The topological polar surface area (TPSA) is 20.2 Å². The second kappa shape index (κ2) is 6.71. The van der Waals surface area contributed by atoms with Gasteiger partial charge in [0.25, 0.3) is 0 Å². The molecule has 0 saturated carbocycles. The third-order valence-corrected chi connectivity index (χ3v) is 1.52. The normalized spacial score (nSPS) is 16.2. The lowest BCUT2D eigenvalue weighted by Crippen LogP contribution is -1.90. The van der Waals surface area contributed by atoms with E-state index in [0.717, 1.165) is 18.4 Å². The predicted octanol–water partition coefficient (Wildman–Crippen LogP) is 3.75. The quantitative estimate of drug-likeness (QED) is 0.629. The van der Waals surface area contributed by atoms with Crippen molar-refractivity contribution in [2.24, 2.45) is 0 Å². The van der Waals surface area contributed by atoms with E-state index in [1.54, 1.807) is 0 Å². The van der Waals surface area contributed by atoms with Crippen molar-refractivity contribution >= 4 is 0 Å². The molecule has 0 saturated heterocycles. The van der Waals surface area contributed by atoms with E-state index in [-0.39, 0.29) is 0 Å². The minimum Gasteiger partial charge on any atom is -0.512 e. The highest BCUT2D eigenvalue weighted by Crippen LogP contribution is 2.16. The number of allylic oxidation sites excluding steroid dienone is 6. The molecule has 0 atom stereocenters. The van der Waals surface area contributed by atoms with Gasteiger partial charge in [-0.25, -0.2) is 0 Å². The summed E-state index contributed by atoms with van der Waals surface area (Å²) in [6.45, 7) is 5.95. The second-order valence-electron chi connectivity index (χ2n) is 2.34. The van der Waals surface area contributed by atoms with Gasteiger partial charge >= 0.3 is 0 Å². The molecule has 0 amide bonds. The molecule has 1 N–H and O–H groups in total. The lowest BCUT2D eigenvalue weighted by molar-refractivity contribution is 0.383. The Hall–Kier alpha value is -0.980. The van der Waals surface area contributed by atoms with Crippen LogP contribution >= 0.6 is 0 Å². The van der Waals surface area contributed by atoms with Crippen LogP contribution in [0.1, 0.15) is 33.6 Å². The molecule has 0 aromatic rings. The van der Waals surface area contributed by atoms with E-state index >= 15 is 0 Å². The number of hydrogen-bond acceptors (Lipinski definition) is 1. The molecule has 1 nitrogen and oxygen atoms in total. The van der Waals surface area contributed by atoms with Crippen molar-refractivity contribution in [2.75, 3.05) is 0 Å². The molecular formula is C11H18O. The fourth-order valence-corrected chi connectivity index (χ4v) is 1.00. The smallest absolute Gasteiger partial charge is 0.0997 e. The molecule has 0 fully saturated rings. The molecule has 68 valence electrons. The van der Waals surface area contributed by atoms with Crippen LogP contribution in [-0.2, 0) is 0 Å². The van der Waals surface area contributed by atoms with Crippen molar-refractivity contribution in [1.82, 2.24) is 0 Å². The van der Waals surface area contributed by atoms with Crippen LogP contribution in [0.5, 0.6) is 0 Å². The first-order chi connectivity index (χ1) is 5.84. The van der Waals surface area contributed by atoms with Gasteiger partial charge in [-0.3, -0.25) is 0 Å². The fourth-order valence-electron chi connectivity index (χ4n) is 1.00. The van der Waals surface area contributed by atoms with Gasteiger partial charge in [0, 0.05) is 12.0 Å². The summed E-state index contributed by atoms with van der Waals surface area (Å²) in [6, 6.07) is 0. The van der Waals surface area contributed by atoms with Crippen molar-refractivity contribution < 1.29 is 5.11 Å². The molecule has 0 aromatic carbocycles. The molecule has 1 rings (SSSR count). The first-order valence-corrected chi connectivity index (χ1v) is 4.56. The molecular weight excluding hydrogens is 148 g/mol. The van der Waals surface area contributed by atoms with E-state index in [1.807, 2.05) is 39.0 Å². The largest absolute Gasteiger partial charge is 0.512 e. The van der Waals surface area contributed by atoms with Crippen LogP contribution in [0.25, 0.3) is 0 Å². The zero-order valence-electron chi connectivity index (χ0n) is 8.17. The van der Waals surface area contributed by atoms with E-state index in [2.05, 4.69) is 6.08 Å². The first-order valence-electron chi connectivity index (χ1n) is 4.56. The van der Waals surface area contributed by atoms with Gasteiger partial charge in [0.1, 0.15) is 0 Å². The summed E-state index contributed by atoms with van der Waals surface area (Å²) < 4.78 is 0. The van der Waals surface area contributed by atoms with Crippen LogP contribution in [0.15, 0.2) is 35.6 Å². The Balaban J connectivity index is 0.000000561. The number of rotatable bonds is 1. The minimum absolute atomic E-state index is 0.514. The van der Waals surface area contributed by atoms with E-state index in [1.165, 1.54) is 0 Å². The molecule has 1 aliphatic rings. The van der Waals surface area contributed by atoms with Gasteiger partial charge in [0.15, 0.2) is 0 Å². The van der Waals surface area contributed by atoms with E-state index in [4.69, 9.17) is 0 Å². The summed E-state index contributed by atoms with van der Waals surface area (Å²) in [5.41, 5.74) is 0.953. The lowest BCUT2D eigenvalue weighted by Gasteiger charge is -2.05. The van der Waals surface area contributed by atoms with Gasteiger partial charge in [-0.1, -0.05) is 38.2 Å². The third kappa shape index (κ3) is 3.42. The van der Waals surface area contributed by atoms with Crippen LogP contribution in [0.4, 0.5) is 0 Å². The highest BCUT2D eigenvalue weighted by molar-refractivity contribution is 5.35. The van der Waals surface area contributed by atoms with E-state index in [9.17, 15) is 5.11 Å². The molecule has 1 heteroatoms. The van der Waals surface area contributed by atoms with Crippen molar-refractivity contribution in [3.63, 3.8) is 0 Å². The molecule has 0 radical (unpaired) electrons. The standard InChI is InChI=1S/C9H12O.C2H6/c1-2-5-8-6-3-4-7-9(8)10;1-2/h2-3,5-6,10H,4,7H2,1H3;1-2H3/b5-2+;. The molecule has 0 heterocycles. The molecule has 0 aliphatic heterocycles. The highest BCUT2D eigenvalue weighted by atomic mass is 16.3. The molecule has 0 spiro atoms. The second-order valence-corrected chi connectivity index (χ2v) is 2.34. The molecule has 1 aliphatic carbocycles.